The van der Waals surface area contributed by atoms with Crippen molar-refractivity contribution in [3.8, 4) is 0 Å². The highest BCUT2D eigenvalue weighted by Gasteiger charge is 2.49. The molecule has 1 unspecified atom stereocenters. The minimum atomic E-state index is -0.644. The molecule has 1 aromatic heterocycles. The Hall–Kier alpha value is -2.71. The van der Waals surface area contributed by atoms with E-state index >= 15 is 0 Å². The molecule has 3 heterocycles. The Labute approximate surface area is 194 Å². The SMILES string of the molecule is NC(=O)C1(C2CCc3nc(C(=O)NC[C@H](O)CN4CCc5ccccc5C4)cn3C2)CCC1. The van der Waals surface area contributed by atoms with E-state index in [1.54, 1.807) is 6.20 Å². The van der Waals surface area contributed by atoms with Gasteiger partial charge in [-0.3, -0.25) is 14.5 Å². The molecule has 1 saturated carbocycles. The number of fused-ring (bicyclic) bond motifs is 2. The van der Waals surface area contributed by atoms with Crippen molar-refractivity contribution in [3.05, 3.63) is 53.1 Å². The number of hydrogen-bond donors (Lipinski definition) is 3. The van der Waals surface area contributed by atoms with Gasteiger partial charge in [-0.2, -0.15) is 0 Å². The molecule has 0 radical (unpaired) electrons. The number of β-amino-alcohol motifs (C(OH)–C–C–N with tert-alkyl or cyclic N) is 1. The molecule has 5 rings (SSSR count). The molecule has 0 spiro atoms. The number of carbonyl (C=O) groups is 2. The molecule has 2 aromatic rings. The van der Waals surface area contributed by atoms with Crippen LogP contribution in [0.4, 0.5) is 0 Å². The zero-order chi connectivity index (χ0) is 23.0. The number of hydrogen-bond acceptors (Lipinski definition) is 5. The third-order valence-electron chi connectivity index (χ3n) is 7.92. The average molecular weight is 452 g/mol. The quantitative estimate of drug-likeness (QED) is 0.586. The van der Waals surface area contributed by atoms with E-state index in [9.17, 15) is 14.7 Å². The fourth-order valence-electron chi connectivity index (χ4n) is 5.79. The standard InChI is InChI=1S/C25H33N5O3/c26-24(33)25(9-3-10-25)19-6-7-22-28-21(16-30(22)14-19)23(32)27-12-20(31)15-29-11-8-17-4-1-2-5-18(17)13-29/h1-2,4-5,16,19-20,31H,3,6-15H2,(H2,26,33)(H,27,32)/t19?,20-/m0/s1. The van der Waals surface area contributed by atoms with Gasteiger partial charge in [0.15, 0.2) is 0 Å². The molecular formula is C25H33N5O3. The number of nitrogens with one attached hydrogen (secondary N) is 1. The smallest absolute Gasteiger partial charge is 0.271 e. The van der Waals surface area contributed by atoms with Crippen LogP contribution in [-0.4, -0.2) is 57.1 Å². The molecule has 8 heteroatoms. The van der Waals surface area contributed by atoms with Crippen molar-refractivity contribution >= 4 is 11.8 Å². The molecule has 1 aliphatic carbocycles. The lowest BCUT2D eigenvalue weighted by Gasteiger charge is -2.46. The fraction of sp³-hybridized carbons (Fsp3) is 0.560. The predicted octanol–water partition coefficient (Wildman–Crippen LogP) is 1.25. The van der Waals surface area contributed by atoms with Crippen LogP contribution in [0.25, 0.3) is 0 Å². The van der Waals surface area contributed by atoms with Gasteiger partial charge in [-0.1, -0.05) is 30.7 Å². The van der Waals surface area contributed by atoms with Gasteiger partial charge in [0.05, 0.1) is 11.5 Å². The summed E-state index contributed by atoms with van der Waals surface area (Å²) in [7, 11) is 0. The lowest BCUT2D eigenvalue weighted by atomic mass is 9.59. The first kappa shape index (κ1) is 22.1. The number of carbonyl (C=O) groups excluding carboxylic acids is 2. The maximum Gasteiger partial charge on any atom is 0.271 e. The normalized spacial score (nSPS) is 22.5. The van der Waals surface area contributed by atoms with Gasteiger partial charge in [0.1, 0.15) is 11.5 Å². The summed E-state index contributed by atoms with van der Waals surface area (Å²) >= 11 is 0. The second kappa shape index (κ2) is 8.91. The lowest BCUT2D eigenvalue weighted by Crippen LogP contribution is -2.50. The summed E-state index contributed by atoms with van der Waals surface area (Å²) in [5, 5.41) is 13.3. The van der Waals surface area contributed by atoms with Gasteiger partial charge in [-0.25, -0.2) is 4.98 Å². The number of nitrogens with zero attached hydrogens (tertiary/aromatic N) is 3. The number of primary amides is 1. The first-order valence-corrected chi connectivity index (χ1v) is 12.1. The van der Waals surface area contributed by atoms with Crippen LogP contribution in [0.3, 0.4) is 0 Å². The third-order valence-corrected chi connectivity index (χ3v) is 7.92. The Kier molecular flexibility index (Phi) is 5.97. The van der Waals surface area contributed by atoms with Crippen molar-refractivity contribution in [2.75, 3.05) is 19.6 Å². The van der Waals surface area contributed by atoms with Crippen molar-refractivity contribution in [2.45, 2.75) is 57.7 Å². The van der Waals surface area contributed by atoms with E-state index in [0.717, 1.165) is 57.4 Å². The molecule has 33 heavy (non-hydrogen) atoms. The monoisotopic (exact) mass is 451 g/mol. The fourth-order valence-corrected chi connectivity index (χ4v) is 5.79. The first-order valence-electron chi connectivity index (χ1n) is 12.1. The molecule has 3 aliphatic rings. The van der Waals surface area contributed by atoms with Gasteiger partial charge in [-0.05, 0) is 42.7 Å². The zero-order valence-electron chi connectivity index (χ0n) is 19.0. The van der Waals surface area contributed by atoms with Crippen molar-refractivity contribution in [2.24, 2.45) is 17.1 Å². The van der Waals surface area contributed by atoms with Crippen LogP contribution < -0.4 is 11.1 Å². The van der Waals surface area contributed by atoms with Crippen molar-refractivity contribution < 1.29 is 14.7 Å². The topological polar surface area (TPSA) is 113 Å². The van der Waals surface area contributed by atoms with Crippen molar-refractivity contribution in [1.29, 1.82) is 0 Å². The minimum Gasteiger partial charge on any atom is -0.390 e. The summed E-state index contributed by atoms with van der Waals surface area (Å²) in [4.78, 5) is 31.5. The van der Waals surface area contributed by atoms with Crippen LogP contribution in [0.1, 0.15) is 53.1 Å². The van der Waals surface area contributed by atoms with E-state index in [4.69, 9.17) is 5.73 Å². The molecule has 176 valence electrons. The number of rotatable bonds is 7. The molecule has 2 atom stereocenters. The Morgan fingerprint density at radius 2 is 2.03 bits per heavy atom. The van der Waals surface area contributed by atoms with E-state index in [-0.39, 0.29) is 29.7 Å². The minimum absolute atomic E-state index is 0.187. The highest BCUT2D eigenvalue weighted by Crippen LogP contribution is 2.50. The van der Waals surface area contributed by atoms with Gasteiger partial charge in [-0.15, -0.1) is 0 Å². The molecule has 0 bridgehead atoms. The molecule has 2 aliphatic heterocycles. The summed E-state index contributed by atoms with van der Waals surface area (Å²) in [6.45, 7) is 3.11. The second-order valence-electron chi connectivity index (χ2n) is 9.92. The Morgan fingerprint density at radius 3 is 2.76 bits per heavy atom. The summed E-state index contributed by atoms with van der Waals surface area (Å²) in [6, 6.07) is 8.41. The first-order chi connectivity index (χ1) is 15.9. The van der Waals surface area contributed by atoms with Crippen LogP contribution in [0.2, 0.25) is 0 Å². The Bertz CT molecular complexity index is 1040. The lowest BCUT2D eigenvalue weighted by molar-refractivity contribution is -0.138. The van der Waals surface area contributed by atoms with Gasteiger partial charge < -0.3 is 20.7 Å². The zero-order valence-corrected chi connectivity index (χ0v) is 19.0. The number of amides is 2. The van der Waals surface area contributed by atoms with E-state index in [0.29, 0.717) is 18.8 Å². The maximum atomic E-state index is 12.7. The molecular weight excluding hydrogens is 418 g/mol. The van der Waals surface area contributed by atoms with Gasteiger partial charge >= 0.3 is 0 Å². The number of benzene rings is 1. The van der Waals surface area contributed by atoms with Crippen LogP contribution in [0.5, 0.6) is 0 Å². The molecule has 4 N–H and O–H groups in total. The van der Waals surface area contributed by atoms with Crippen molar-refractivity contribution in [1.82, 2.24) is 19.8 Å². The Morgan fingerprint density at radius 1 is 1.24 bits per heavy atom. The molecule has 1 aromatic carbocycles. The van der Waals surface area contributed by atoms with Crippen LogP contribution in [0.15, 0.2) is 30.5 Å². The largest absolute Gasteiger partial charge is 0.390 e. The molecule has 8 nitrogen and oxygen atoms in total. The van der Waals surface area contributed by atoms with Gasteiger partial charge in [0, 0.05) is 45.3 Å². The number of imidazole rings is 1. The number of aryl methyl sites for hydroxylation is 1. The highest BCUT2D eigenvalue weighted by atomic mass is 16.3. The number of aliphatic hydroxyl groups is 1. The third kappa shape index (κ3) is 4.29. The summed E-state index contributed by atoms with van der Waals surface area (Å²) in [5.41, 5.74) is 8.41. The molecule has 0 saturated heterocycles. The molecule has 1 fully saturated rings. The number of aromatic nitrogens is 2. The van der Waals surface area contributed by atoms with Crippen molar-refractivity contribution in [3.63, 3.8) is 0 Å². The summed E-state index contributed by atoms with van der Waals surface area (Å²) < 4.78 is 2.01. The highest BCUT2D eigenvalue weighted by molar-refractivity contribution is 5.92. The van der Waals surface area contributed by atoms with E-state index in [1.165, 1.54) is 11.1 Å². The van der Waals surface area contributed by atoms with Gasteiger partial charge in [0.25, 0.3) is 5.91 Å². The van der Waals surface area contributed by atoms with Crippen LogP contribution in [-0.2, 0) is 30.7 Å². The van der Waals surface area contributed by atoms with E-state index in [1.807, 2.05) is 10.6 Å². The molecule has 2 amide bonds. The maximum absolute atomic E-state index is 12.7. The predicted molar refractivity (Wildman–Crippen MR) is 123 cm³/mol. The van der Waals surface area contributed by atoms with Crippen LogP contribution in [0, 0.1) is 11.3 Å². The number of aliphatic hydroxyl groups excluding tert-OH is 1. The van der Waals surface area contributed by atoms with E-state index < -0.39 is 6.10 Å². The van der Waals surface area contributed by atoms with Crippen LogP contribution >= 0.6 is 0 Å². The summed E-state index contributed by atoms with van der Waals surface area (Å²) in [5.74, 6) is 0.622. The second-order valence-corrected chi connectivity index (χ2v) is 9.92. The average Bonchev–Trinajstić information content (AvgIpc) is 3.20. The van der Waals surface area contributed by atoms with E-state index in [2.05, 4.69) is 33.4 Å². The number of nitrogens with two attached hydrogens (primary N) is 1. The van der Waals surface area contributed by atoms with Gasteiger partial charge in [0.2, 0.25) is 5.91 Å². The Balaban J connectivity index is 1.14. The summed E-state index contributed by atoms with van der Waals surface area (Å²) in [6.07, 6.45) is 6.51.